The third-order valence-electron chi connectivity index (χ3n) is 2.65. The Hall–Kier alpha value is -1.50. The molecule has 0 spiro atoms. The van der Waals surface area contributed by atoms with Gasteiger partial charge in [-0.25, -0.2) is 9.71 Å². The molecule has 1 fully saturated rings. The fraction of sp³-hybridized carbons (Fsp3) is 0.500. The van der Waals surface area contributed by atoms with E-state index in [4.69, 9.17) is 4.74 Å². The Morgan fingerprint density at radius 2 is 1.84 bits per heavy atom. The molecule has 1 saturated heterocycles. The van der Waals surface area contributed by atoms with Crippen LogP contribution in [0.25, 0.3) is 0 Å². The van der Waals surface area contributed by atoms with Crippen molar-refractivity contribution in [1.29, 1.82) is 0 Å². The lowest BCUT2D eigenvalue weighted by atomic mass is 10.1. The molecule has 7 heteroatoms. The lowest BCUT2D eigenvalue weighted by Crippen LogP contribution is -2.30. The standard InChI is InChI=1S/C12H12F4NO2/c13-10-7-9(18-8-3-5-17-6-4-8)1-2-11(10)19-12(14,15)16/h1-2,7-8H,3-6H2. The van der Waals surface area contributed by atoms with Gasteiger partial charge in [0.1, 0.15) is 11.9 Å². The minimum absolute atomic E-state index is 0.0775. The summed E-state index contributed by atoms with van der Waals surface area (Å²) in [5, 5.41) is 4.14. The Kier molecular flexibility index (Phi) is 4.14. The van der Waals surface area contributed by atoms with Crippen molar-refractivity contribution in [1.82, 2.24) is 5.32 Å². The third kappa shape index (κ3) is 4.27. The van der Waals surface area contributed by atoms with Crippen LogP contribution in [-0.4, -0.2) is 25.6 Å². The van der Waals surface area contributed by atoms with E-state index in [2.05, 4.69) is 10.1 Å². The van der Waals surface area contributed by atoms with Crippen molar-refractivity contribution in [2.75, 3.05) is 13.1 Å². The molecule has 1 radical (unpaired) electrons. The SMILES string of the molecule is Fc1cc(OC2CC[N]CC2)ccc1OC(F)(F)F. The second kappa shape index (κ2) is 5.64. The van der Waals surface area contributed by atoms with Crippen LogP contribution in [0.5, 0.6) is 11.5 Å². The molecular weight excluding hydrogens is 266 g/mol. The topological polar surface area (TPSA) is 32.6 Å². The maximum atomic E-state index is 13.4. The number of nitrogens with zero attached hydrogens (tertiary/aromatic N) is 1. The van der Waals surface area contributed by atoms with Gasteiger partial charge in [0.15, 0.2) is 11.6 Å². The number of alkyl halides is 3. The number of piperidine rings is 1. The molecule has 0 atom stereocenters. The van der Waals surface area contributed by atoms with E-state index in [0.29, 0.717) is 13.1 Å². The van der Waals surface area contributed by atoms with E-state index in [1.807, 2.05) is 0 Å². The van der Waals surface area contributed by atoms with Gasteiger partial charge in [-0.1, -0.05) is 0 Å². The van der Waals surface area contributed by atoms with Crippen molar-refractivity contribution in [3.05, 3.63) is 24.0 Å². The quantitative estimate of drug-likeness (QED) is 0.796. The number of benzene rings is 1. The molecule has 0 aromatic heterocycles. The second-order valence-corrected chi connectivity index (χ2v) is 4.13. The van der Waals surface area contributed by atoms with Crippen molar-refractivity contribution in [3.63, 3.8) is 0 Å². The van der Waals surface area contributed by atoms with Crippen LogP contribution in [0.3, 0.4) is 0 Å². The molecule has 19 heavy (non-hydrogen) atoms. The second-order valence-electron chi connectivity index (χ2n) is 4.13. The number of halogens is 4. The molecule has 0 aliphatic carbocycles. The molecular formula is C12H12F4NO2. The first-order valence-electron chi connectivity index (χ1n) is 5.79. The number of hydrogen-bond acceptors (Lipinski definition) is 2. The normalized spacial score (nSPS) is 17.3. The van der Waals surface area contributed by atoms with Gasteiger partial charge < -0.3 is 9.47 Å². The van der Waals surface area contributed by atoms with E-state index in [0.717, 1.165) is 25.0 Å². The van der Waals surface area contributed by atoms with Gasteiger partial charge in [0, 0.05) is 19.2 Å². The number of hydrogen-bond donors (Lipinski definition) is 0. The Bertz CT molecular complexity index is 430. The molecule has 1 heterocycles. The fourth-order valence-electron chi connectivity index (χ4n) is 1.80. The Morgan fingerprint density at radius 3 is 2.42 bits per heavy atom. The first-order chi connectivity index (χ1) is 8.94. The van der Waals surface area contributed by atoms with Gasteiger partial charge >= 0.3 is 6.36 Å². The fourth-order valence-corrected chi connectivity index (χ4v) is 1.80. The molecule has 105 valence electrons. The highest BCUT2D eigenvalue weighted by atomic mass is 19.4. The predicted octanol–water partition coefficient (Wildman–Crippen LogP) is 2.87. The van der Waals surface area contributed by atoms with E-state index in [-0.39, 0.29) is 11.9 Å². The summed E-state index contributed by atoms with van der Waals surface area (Å²) in [5.74, 6) is -1.77. The number of rotatable bonds is 3. The third-order valence-corrected chi connectivity index (χ3v) is 2.65. The summed E-state index contributed by atoms with van der Waals surface area (Å²) in [6.07, 6.45) is -3.54. The lowest BCUT2D eigenvalue weighted by Gasteiger charge is -2.23. The zero-order valence-electron chi connectivity index (χ0n) is 9.91. The van der Waals surface area contributed by atoms with Crippen LogP contribution in [0.2, 0.25) is 0 Å². The zero-order valence-corrected chi connectivity index (χ0v) is 9.91. The summed E-state index contributed by atoms with van der Waals surface area (Å²) in [4.78, 5) is 0. The van der Waals surface area contributed by atoms with Crippen LogP contribution < -0.4 is 14.8 Å². The largest absolute Gasteiger partial charge is 0.573 e. The molecule has 2 rings (SSSR count). The van der Waals surface area contributed by atoms with E-state index in [1.165, 1.54) is 6.07 Å². The summed E-state index contributed by atoms with van der Waals surface area (Å²) in [6, 6.07) is 3.06. The highest BCUT2D eigenvalue weighted by Crippen LogP contribution is 2.29. The van der Waals surface area contributed by atoms with E-state index in [9.17, 15) is 17.6 Å². The maximum Gasteiger partial charge on any atom is 0.573 e. The summed E-state index contributed by atoms with van der Waals surface area (Å²) in [5.41, 5.74) is 0. The van der Waals surface area contributed by atoms with Gasteiger partial charge in [-0.3, -0.25) is 0 Å². The molecule has 0 amide bonds. The molecule has 3 nitrogen and oxygen atoms in total. The first kappa shape index (κ1) is 13.9. The van der Waals surface area contributed by atoms with Crippen LogP contribution in [-0.2, 0) is 0 Å². The van der Waals surface area contributed by atoms with Crippen molar-refractivity contribution in [2.45, 2.75) is 25.3 Å². The smallest absolute Gasteiger partial charge is 0.490 e. The first-order valence-corrected chi connectivity index (χ1v) is 5.79. The zero-order chi connectivity index (χ0) is 13.9. The van der Waals surface area contributed by atoms with Crippen LogP contribution in [0.4, 0.5) is 17.6 Å². The van der Waals surface area contributed by atoms with Crippen molar-refractivity contribution in [3.8, 4) is 11.5 Å². The van der Waals surface area contributed by atoms with Crippen molar-refractivity contribution < 1.29 is 27.0 Å². The maximum absolute atomic E-state index is 13.4. The molecule has 0 N–H and O–H groups in total. The Labute approximate surface area is 107 Å². The summed E-state index contributed by atoms with van der Waals surface area (Å²) in [7, 11) is 0. The van der Waals surface area contributed by atoms with Crippen molar-refractivity contribution in [2.24, 2.45) is 0 Å². The number of ether oxygens (including phenoxy) is 2. The van der Waals surface area contributed by atoms with E-state index >= 15 is 0 Å². The average molecular weight is 278 g/mol. The minimum Gasteiger partial charge on any atom is -0.490 e. The Balaban J connectivity index is 2.01. The molecule has 0 unspecified atom stereocenters. The van der Waals surface area contributed by atoms with Gasteiger partial charge in [0.2, 0.25) is 0 Å². The van der Waals surface area contributed by atoms with Gasteiger partial charge in [-0.05, 0) is 25.0 Å². The van der Waals surface area contributed by atoms with Gasteiger partial charge in [0.05, 0.1) is 0 Å². The van der Waals surface area contributed by atoms with Crippen molar-refractivity contribution >= 4 is 0 Å². The minimum atomic E-state index is -4.91. The Morgan fingerprint density at radius 1 is 1.16 bits per heavy atom. The summed E-state index contributed by atoms with van der Waals surface area (Å²) in [6.45, 7) is 1.37. The highest BCUT2D eigenvalue weighted by Gasteiger charge is 2.32. The monoisotopic (exact) mass is 278 g/mol. The molecule has 0 bridgehead atoms. The lowest BCUT2D eigenvalue weighted by molar-refractivity contribution is -0.275. The predicted molar refractivity (Wildman–Crippen MR) is 58.6 cm³/mol. The molecule has 1 aliphatic heterocycles. The molecule has 1 aliphatic rings. The van der Waals surface area contributed by atoms with E-state index in [1.54, 1.807) is 0 Å². The molecule has 0 saturated carbocycles. The van der Waals surface area contributed by atoms with Gasteiger partial charge in [-0.2, -0.15) is 0 Å². The van der Waals surface area contributed by atoms with Crippen LogP contribution in [0.15, 0.2) is 18.2 Å². The van der Waals surface area contributed by atoms with Crippen LogP contribution in [0.1, 0.15) is 12.8 Å². The highest BCUT2D eigenvalue weighted by molar-refractivity contribution is 5.33. The van der Waals surface area contributed by atoms with E-state index < -0.39 is 17.9 Å². The van der Waals surface area contributed by atoms with Gasteiger partial charge in [-0.15, -0.1) is 13.2 Å². The molecule has 1 aromatic carbocycles. The summed E-state index contributed by atoms with van der Waals surface area (Å²) < 4.78 is 58.3. The summed E-state index contributed by atoms with van der Waals surface area (Å²) >= 11 is 0. The van der Waals surface area contributed by atoms with Crippen LogP contribution in [0, 0.1) is 5.82 Å². The average Bonchev–Trinajstić information content (AvgIpc) is 2.33. The molecule has 1 aromatic rings. The van der Waals surface area contributed by atoms with Gasteiger partial charge in [0.25, 0.3) is 0 Å². The van der Waals surface area contributed by atoms with Crippen LogP contribution >= 0.6 is 0 Å².